The molecule has 1 aliphatic carbocycles. The van der Waals surface area contributed by atoms with E-state index in [4.69, 9.17) is 10.8 Å². The van der Waals surface area contributed by atoms with Gasteiger partial charge in [0.1, 0.15) is 0 Å². The Labute approximate surface area is 82.5 Å². The SMILES string of the molecule is Cc1ccc2c(c1)C(N)CC2C(=O)O. The van der Waals surface area contributed by atoms with Gasteiger partial charge in [-0.1, -0.05) is 23.8 Å². The number of nitrogens with two attached hydrogens (primary N) is 1. The van der Waals surface area contributed by atoms with E-state index in [0.717, 1.165) is 16.7 Å². The number of rotatable bonds is 1. The van der Waals surface area contributed by atoms with Crippen molar-refractivity contribution in [1.82, 2.24) is 0 Å². The molecule has 0 radical (unpaired) electrons. The molecule has 1 aromatic carbocycles. The van der Waals surface area contributed by atoms with Crippen LogP contribution in [0, 0.1) is 6.92 Å². The quantitative estimate of drug-likeness (QED) is 0.708. The maximum atomic E-state index is 10.9. The molecule has 2 atom stereocenters. The molecule has 0 bridgehead atoms. The first-order chi connectivity index (χ1) is 6.59. The van der Waals surface area contributed by atoms with Crippen molar-refractivity contribution in [2.75, 3.05) is 0 Å². The first-order valence-corrected chi connectivity index (χ1v) is 4.68. The molecule has 2 rings (SSSR count). The van der Waals surface area contributed by atoms with Gasteiger partial charge in [-0.2, -0.15) is 0 Å². The van der Waals surface area contributed by atoms with Crippen molar-refractivity contribution in [3.8, 4) is 0 Å². The van der Waals surface area contributed by atoms with Crippen molar-refractivity contribution >= 4 is 5.97 Å². The second-order valence-corrected chi connectivity index (χ2v) is 3.87. The minimum atomic E-state index is -0.775. The molecule has 3 nitrogen and oxygen atoms in total. The highest BCUT2D eigenvalue weighted by Crippen LogP contribution is 2.39. The first-order valence-electron chi connectivity index (χ1n) is 4.68. The van der Waals surface area contributed by atoms with Crippen molar-refractivity contribution in [2.45, 2.75) is 25.3 Å². The molecule has 0 aliphatic heterocycles. The number of carbonyl (C=O) groups is 1. The van der Waals surface area contributed by atoms with Gasteiger partial charge >= 0.3 is 5.97 Å². The summed E-state index contributed by atoms with van der Waals surface area (Å²) in [4.78, 5) is 10.9. The zero-order valence-electron chi connectivity index (χ0n) is 8.03. The Morgan fingerprint density at radius 1 is 1.50 bits per heavy atom. The van der Waals surface area contributed by atoms with Crippen LogP contribution in [0.3, 0.4) is 0 Å². The summed E-state index contributed by atoms with van der Waals surface area (Å²) in [6.45, 7) is 1.99. The molecule has 0 saturated heterocycles. The van der Waals surface area contributed by atoms with E-state index in [1.54, 1.807) is 0 Å². The summed E-state index contributed by atoms with van der Waals surface area (Å²) in [7, 11) is 0. The Balaban J connectivity index is 2.49. The van der Waals surface area contributed by atoms with E-state index in [-0.39, 0.29) is 6.04 Å². The van der Waals surface area contributed by atoms with Gasteiger partial charge in [0.2, 0.25) is 0 Å². The lowest BCUT2D eigenvalue weighted by atomic mass is 10.0. The van der Waals surface area contributed by atoms with Gasteiger partial charge in [-0.15, -0.1) is 0 Å². The van der Waals surface area contributed by atoms with E-state index in [1.165, 1.54) is 0 Å². The lowest BCUT2D eigenvalue weighted by molar-refractivity contribution is -0.138. The molecular weight excluding hydrogens is 178 g/mol. The largest absolute Gasteiger partial charge is 0.481 e. The molecule has 14 heavy (non-hydrogen) atoms. The molecule has 3 N–H and O–H groups in total. The highest BCUT2D eigenvalue weighted by molar-refractivity contribution is 5.78. The van der Waals surface area contributed by atoms with Crippen LogP contribution in [0.1, 0.15) is 35.1 Å². The standard InChI is InChI=1S/C11H13NO2/c1-6-2-3-7-8(4-6)10(12)5-9(7)11(13)14/h2-4,9-10H,5,12H2,1H3,(H,13,14). The van der Waals surface area contributed by atoms with Gasteiger partial charge in [0.25, 0.3) is 0 Å². The summed E-state index contributed by atoms with van der Waals surface area (Å²) in [5.74, 6) is -1.19. The van der Waals surface area contributed by atoms with Crippen LogP contribution in [0.25, 0.3) is 0 Å². The topological polar surface area (TPSA) is 63.3 Å². The van der Waals surface area contributed by atoms with Crippen LogP contribution in [0.4, 0.5) is 0 Å². The van der Waals surface area contributed by atoms with Crippen molar-refractivity contribution in [2.24, 2.45) is 5.73 Å². The molecule has 0 aromatic heterocycles. The second kappa shape index (κ2) is 3.10. The molecule has 0 heterocycles. The Hall–Kier alpha value is -1.35. The zero-order valence-corrected chi connectivity index (χ0v) is 8.03. The fraction of sp³-hybridized carbons (Fsp3) is 0.364. The number of fused-ring (bicyclic) bond motifs is 1. The molecule has 2 unspecified atom stereocenters. The molecule has 0 amide bonds. The third kappa shape index (κ3) is 1.30. The van der Waals surface area contributed by atoms with E-state index in [1.807, 2.05) is 25.1 Å². The Kier molecular flexibility index (Phi) is 2.04. The third-order valence-electron chi connectivity index (χ3n) is 2.80. The zero-order chi connectivity index (χ0) is 10.3. The smallest absolute Gasteiger partial charge is 0.311 e. The predicted octanol–water partition coefficient (Wildman–Crippen LogP) is 1.57. The third-order valence-corrected chi connectivity index (χ3v) is 2.80. The Bertz CT molecular complexity index is 387. The van der Waals surface area contributed by atoms with Gasteiger partial charge in [-0.3, -0.25) is 4.79 Å². The fourth-order valence-corrected chi connectivity index (χ4v) is 2.07. The normalized spacial score (nSPS) is 24.7. The maximum absolute atomic E-state index is 10.9. The van der Waals surface area contributed by atoms with Gasteiger partial charge in [0, 0.05) is 6.04 Å². The van der Waals surface area contributed by atoms with E-state index in [2.05, 4.69) is 0 Å². The summed E-state index contributed by atoms with van der Waals surface area (Å²) in [6, 6.07) is 5.69. The van der Waals surface area contributed by atoms with E-state index >= 15 is 0 Å². The number of carboxylic acid groups (broad SMARTS) is 1. The summed E-state index contributed by atoms with van der Waals surface area (Å²) in [5.41, 5.74) is 8.89. The first kappa shape index (κ1) is 9.21. The van der Waals surface area contributed by atoms with E-state index in [9.17, 15) is 4.79 Å². The number of hydrogen-bond donors (Lipinski definition) is 2. The van der Waals surface area contributed by atoms with Crippen molar-refractivity contribution < 1.29 is 9.90 Å². The number of aryl methyl sites for hydroxylation is 1. The molecule has 74 valence electrons. The predicted molar refractivity (Wildman–Crippen MR) is 53.1 cm³/mol. The lowest BCUT2D eigenvalue weighted by Crippen LogP contribution is -2.10. The van der Waals surface area contributed by atoms with Crippen LogP contribution in [0.5, 0.6) is 0 Å². The van der Waals surface area contributed by atoms with Gasteiger partial charge in [0.15, 0.2) is 0 Å². The summed E-state index contributed by atoms with van der Waals surface area (Å²) in [6.07, 6.45) is 0.522. The summed E-state index contributed by atoms with van der Waals surface area (Å²) >= 11 is 0. The van der Waals surface area contributed by atoms with Crippen molar-refractivity contribution in [3.05, 3.63) is 34.9 Å². The van der Waals surface area contributed by atoms with Crippen molar-refractivity contribution in [3.63, 3.8) is 0 Å². The highest BCUT2D eigenvalue weighted by Gasteiger charge is 2.33. The average Bonchev–Trinajstić information content (AvgIpc) is 2.44. The molecule has 0 spiro atoms. The van der Waals surface area contributed by atoms with Gasteiger partial charge in [0.05, 0.1) is 5.92 Å². The van der Waals surface area contributed by atoms with Gasteiger partial charge in [-0.05, 0) is 24.5 Å². The molecule has 3 heteroatoms. The van der Waals surface area contributed by atoms with Crippen molar-refractivity contribution in [1.29, 1.82) is 0 Å². The number of aliphatic carboxylic acids is 1. The highest BCUT2D eigenvalue weighted by atomic mass is 16.4. The van der Waals surface area contributed by atoms with Crippen LogP contribution in [-0.4, -0.2) is 11.1 Å². The Morgan fingerprint density at radius 2 is 2.21 bits per heavy atom. The number of carboxylic acids is 1. The monoisotopic (exact) mass is 191 g/mol. The van der Waals surface area contributed by atoms with E-state index < -0.39 is 11.9 Å². The van der Waals surface area contributed by atoms with Gasteiger partial charge < -0.3 is 10.8 Å². The molecule has 0 saturated carbocycles. The number of hydrogen-bond acceptors (Lipinski definition) is 2. The minimum absolute atomic E-state index is 0.119. The molecular formula is C11H13NO2. The second-order valence-electron chi connectivity index (χ2n) is 3.87. The van der Waals surface area contributed by atoms with Crippen LogP contribution in [0.15, 0.2) is 18.2 Å². The van der Waals surface area contributed by atoms with Gasteiger partial charge in [-0.25, -0.2) is 0 Å². The Morgan fingerprint density at radius 3 is 2.86 bits per heavy atom. The average molecular weight is 191 g/mol. The maximum Gasteiger partial charge on any atom is 0.311 e. The van der Waals surface area contributed by atoms with Crippen LogP contribution in [-0.2, 0) is 4.79 Å². The molecule has 1 aromatic rings. The number of benzene rings is 1. The summed E-state index contributed by atoms with van der Waals surface area (Å²) in [5, 5.41) is 8.99. The minimum Gasteiger partial charge on any atom is -0.481 e. The van der Waals surface area contributed by atoms with Crippen LogP contribution >= 0.6 is 0 Å². The fourth-order valence-electron chi connectivity index (χ4n) is 2.07. The van der Waals surface area contributed by atoms with Crippen LogP contribution < -0.4 is 5.73 Å². The lowest BCUT2D eigenvalue weighted by Gasteiger charge is -2.05. The van der Waals surface area contributed by atoms with Crippen LogP contribution in [0.2, 0.25) is 0 Å². The summed E-state index contributed by atoms with van der Waals surface area (Å²) < 4.78 is 0. The molecule has 1 aliphatic rings. The van der Waals surface area contributed by atoms with E-state index in [0.29, 0.717) is 6.42 Å². The molecule has 0 fully saturated rings.